The monoisotopic (exact) mass is 484 g/mol. The lowest BCUT2D eigenvalue weighted by atomic mass is 10.1. The quantitative estimate of drug-likeness (QED) is 0.672. The molecule has 31 heavy (non-hydrogen) atoms. The summed E-state index contributed by atoms with van der Waals surface area (Å²) in [6.45, 7) is 1.43. The number of halogens is 1. The lowest BCUT2D eigenvalue weighted by molar-refractivity contribution is -0.135. The minimum absolute atomic E-state index is 0.0196. The number of pyridine rings is 1. The van der Waals surface area contributed by atoms with E-state index in [1.807, 2.05) is 31.4 Å². The van der Waals surface area contributed by atoms with E-state index in [0.29, 0.717) is 12.5 Å². The van der Waals surface area contributed by atoms with Gasteiger partial charge in [-0.1, -0.05) is 18.9 Å². The molecule has 0 spiro atoms. The first kappa shape index (κ1) is 21.7. The molecule has 0 bridgehead atoms. The molecule has 2 aliphatic rings. The Labute approximate surface area is 191 Å². The summed E-state index contributed by atoms with van der Waals surface area (Å²) in [4.78, 5) is 24.2. The Balaban J connectivity index is 1.71. The topological polar surface area (TPSA) is 75.9 Å². The molecule has 3 heterocycles. The van der Waals surface area contributed by atoms with Gasteiger partial charge in [0.2, 0.25) is 5.91 Å². The Kier molecular flexibility index (Phi) is 7.17. The first-order valence-corrected chi connectivity index (χ1v) is 11.8. The number of carbonyl (C=O) groups is 1. The predicted octanol–water partition coefficient (Wildman–Crippen LogP) is 4.56. The zero-order valence-corrected chi connectivity index (χ0v) is 19.5. The van der Waals surface area contributed by atoms with Gasteiger partial charge in [-0.05, 0) is 53.2 Å². The fraction of sp³-hybridized carbons (Fsp3) is 0.478. The summed E-state index contributed by atoms with van der Waals surface area (Å²) in [5.41, 5.74) is 1.97. The van der Waals surface area contributed by atoms with Gasteiger partial charge in [0.1, 0.15) is 5.82 Å². The number of aromatic nitrogens is 4. The molecule has 4 rings (SSSR count). The molecule has 7 nitrogen and oxygen atoms in total. The molecule has 1 N–H and O–H groups in total. The summed E-state index contributed by atoms with van der Waals surface area (Å²) in [5, 5.41) is 7.97. The van der Waals surface area contributed by atoms with Gasteiger partial charge in [0.25, 0.3) is 0 Å². The predicted molar refractivity (Wildman–Crippen MR) is 124 cm³/mol. The second-order valence-electron chi connectivity index (χ2n) is 8.25. The van der Waals surface area contributed by atoms with E-state index >= 15 is 0 Å². The van der Waals surface area contributed by atoms with Crippen molar-refractivity contribution < 1.29 is 4.79 Å². The number of likely N-dealkylation sites (tertiary alicyclic amines) is 1. The molecule has 1 saturated heterocycles. The van der Waals surface area contributed by atoms with Gasteiger partial charge in [-0.3, -0.25) is 19.4 Å². The standard InChI is InChI=1S/C23H29BrN6O/c1-29-22(27-14-17-6-5-10-25-13-17)12-20(26-15-19(24)16-28-29)21-7-3-2-4-11-30(21)23(31)18-8-9-18/h5-6,10,12-13,15-16,18,21,27H,2-4,7-9,11,14H2,1H3. The highest BCUT2D eigenvalue weighted by Gasteiger charge is 2.37. The van der Waals surface area contributed by atoms with Gasteiger partial charge in [0, 0.05) is 50.7 Å². The molecule has 1 unspecified atom stereocenters. The van der Waals surface area contributed by atoms with Crippen LogP contribution in [0.3, 0.4) is 0 Å². The summed E-state index contributed by atoms with van der Waals surface area (Å²) in [7, 11) is 1.90. The molecule has 1 aliphatic carbocycles. The van der Waals surface area contributed by atoms with Crippen molar-refractivity contribution >= 4 is 27.7 Å². The second kappa shape index (κ2) is 10.2. The molecule has 164 valence electrons. The fourth-order valence-corrected chi connectivity index (χ4v) is 4.13. The summed E-state index contributed by atoms with van der Waals surface area (Å²) in [5.74, 6) is 1.33. The lowest BCUT2D eigenvalue weighted by Gasteiger charge is -2.30. The van der Waals surface area contributed by atoms with Crippen LogP contribution >= 0.6 is 15.9 Å². The van der Waals surface area contributed by atoms with Crippen LogP contribution in [0.2, 0.25) is 0 Å². The number of aryl methyl sites for hydroxylation is 1. The van der Waals surface area contributed by atoms with E-state index in [4.69, 9.17) is 4.98 Å². The number of hydrogen-bond donors (Lipinski definition) is 1. The molecular formula is C23H29BrN6O. The summed E-state index contributed by atoms with van der Waals surface area (Å²) in [6, 6.07) is 5.98. The molecule has 1 atom stereocenters. The van der Waals surface area contributed by atoms with Crippen LogP contribution in [0.15, 0.2) is 47.5 Å². The molecule has 1 saturated carbocycles. The molecule has 8 heteroatoms. The molecule has 0 radical (unpaired) electrons. The van der Waals surface area contributed by atoms with Crippen LogP contribution < -0.4 is 5.32 Å². The Hall–Kier alpha value is -2.48. The van der Waals surface area contributed by atoms with Crippen molar-refractivity contribution in [2.75, 3.05) is 11.9 Å². The van der Waals surface area contributed by atoms with E-state index in [1.54, 1.807) is 23.3 Å². The van der Waals surface area contributed by atoms with Crippen molar-refractivity contribution in [3.63, 3.8) is 0 Å². The van der Waals surface area contributed by atoms with E-state index in [-0.39, 0.29) is 12.0 Å². The number of carbonyl (C=O) groups excluding carboxylic acids is 1. The molecule has 2 fully saturated rings. The van der Waals surface area contributed by atoms with Crippen molar-refractivity contribution in [3.05, 3.63) is 58.7 Å². The maximum absolute atomic E-state index is 13.1. The third kappa shape index (κ3) is 5.81. The van der Waals surface area contributed by atoms with Gasteiger partial charge >= 0.3 is 0 Å². The molecular weight excluding hydrogens is 456 g/mol. The van der Waals surface area contributed by atoms with Crippen molar-refractivity contribution in [1.29, 1.82) is 0 Å². The molecule has 2 aromatic heterocycles. The van der Waals surface area contributed by atoms with Gasteiger partial charge in [0.15, 0.2) is 0 Å². The first-order chi connectivity index (χ1) is 15.1. The van der Waals surface area contributed by atoms with Gasteiger partial charge in [-0.2, -0.15) is 5.10 Å². The molecule has 2 aromatic rings. The number of anilines is 1. The van der Waals surface area contributed by atoms with Gasteiger partial charge < -0.3 is 10.2 Å². The minimum atomic E-state index is -0.0196. The Morgan fingerprint density at radius 1 is 1.19 bits per heavy atom. The smallest absolute Gasteiger partial charge is 0.226 e. The van der Waals surface area contributed by atoms with Crippen molar-refractivity contribution in [1.82, 2.24) is 24.6 Å². The van der Waals surface area contributed by atoms with E-state index in [1.165, 1.54) is 0 Å². The average Bonchev–Trinajstić information content (AvgIpc) is 3.64. The Morgan fingerprint density at radius 2 is 2.06 bits per heavy atom. The van der Waals surface area contributed by atoms with E-state index in [0.717, 1.165) is 66.6 Å². The maximum atomic E-state index is 13.1. The van der Waals surface area contributed by atoms with Crippen LogP contribution in [0.25, 0.3) is 0 Å². The van der Waals surface area contributed by atoms with E-state index < -0.39 is 0 Å². The minimum Gasteiger partial charge on any atom is -0.366 e. The van der Waals surface area contributed by atoms with E-state index in [9.17, 15) is 4.79 Å². The number of hydrogen-bond acceptors (Lipinski definition) is 5. The highest BCUT2D eigenvalue weighted by molar-refractivity contribution is 9.10. The highest BCUT2D eigenvalue weighted by atomic mass is 79.9. The van der Waals surface area contributed by atoms with Crippen LogP contribution in [0.4, 0.5) is 5.82 Å². The summed E-state index contributed by atoms with van der Waals surface area (Å²) < 4.78 is 2.59. The number of nitrogens with zero attached hydrogens (tertiary/aromatic N) is 5. The van der Waals surface area contributed by atoms with Crippen molar-refractivity contribution in [2.24, 2.45) is 13.0 Å². The first-order valence-electron chi connectivity index (χ1n) is 11.0. The van der Waals surface area contributed by atoms with E-state index in [2.05, 4.69) is 36.2 Å². The van der Waals surface area contributed by atoms with Gasteiger partial charge in [-0.25, -0.2) is 0 Å². The third-order valence-electron chi connectivity index (χ3n) is 5.82. The Bertz CT molecular complexity index is 958. The van der Waals surface area contributed by atoms with Crippen LogP contribution in [0, 0.1) is 5.92 Å². The number of nitrogens with one attached hydrogen (secondary N) is 1. The van der Waals surface area contributed by atoms with Crippen LogP contribution in [0.5, 0.6) is 0 Å². The number of amides is 1. The maximum Gasteiger partial charge on any atom is 0.226 e. The van der Waals surface area contributed by atoms with Crippen molar-refractivity contribution in [2.45, 2.75) is 51.1 Å². The lowest BCUT2D eigenvalue weighted by Crippen LogP contribution is -2.36. The van der Waals surface area contributed by atoms with Crippen LogP contribution in [0.1, 0.15) is 55.8 Å². The average molecular weight is 485 g/mol. The zero-order chi connectivity index (χ0) is 21.6. The summed E-state index contributed by atoms with van der Waals surface area (Å²) >= 11 is 3.52. The zero-order valence-electron chi connectivity index (χ0n) is 17.9. The molecule has 0 aromatic carbocycles. The summed E-state index contributed by atoms with van der Waals surface area (Å²) in [6.07, 6.45) is 13.4. The fourth-order valence-electron chi connectivity index (χ4n) is 3.93. The molecule has 1 amide bonds. The normalized spacial score (nSPS) is 18.8. The Morgan fingerprint density at radius 3 is 2.84 bits per heavy atom. The van der Waals surface area contributed by atoms with Gasteiger partial charge in [-0.15, -0.1) is 0 Å². The van der Waals surface area contributed by atoms with Crippen LogP contribution in [-0.2, 0) is 18.4 Å². The van der Waals surface area contributed by atoms with Crippen LogP contribution in [-0.4, -0.2) is 37.1 Å². The van der Waals surface area contributed by atoms with Gasteiger partial charge in [0.05, 0.1) is 22.4 Å². The third-order valence-corrected chi connectivity index (χ3v) is 6.23. The molecule has 1 aliphatic heterocycles. The second-order valence-corrected chi connectivity index (χ2v) is 9.17. The largest absolute Gasteiger partial charge is 0.366 e. The van der Waals surface area contributed by atoms with Crippen molar-refractivity contribution in [3.8, 4) is 0 Å². The SMILES string of the molecule is Cn1ncc(Br)cnc(C2CCCCCN2C(=O)C2CC2)cc1NCc1cccnc1. The highest BCUT2D eigenvalue weighted by Crippen LogP contribution is 2.37. The number of rotatable bonds is 5.